The highest BCUT2D eigenvalue weighted by molar-refractivity contribution is 5.79. The summed E-state index contributed by atoms with van der Waals surface area (Å²) in [4.78, 5) is 6.42. The molecular formula is C15H19N3. The SMILES string of the molecule is CN(C#N)C1CCC(N=Cc2ccccc2)CC1. The summed E-state index contributed by atoms with van der Waals surface area (Å²) in [5.74, 6) is 0. The van der Waals surface area contributed by atoms with Crippen molar-refractivity contribution in [2.45, 2.75) is 37.8 Å². The summed E-state index contributed by atoms with van der Waals surface area (Å²) in [6, 6.07) is 11.0. The molecule has 1 aromatic carbocycles. The molecule has 3 nitrogen and oxygen atoms in total. The Balaban J connectivity index is 1.84. The fourth-order valence-electron chi connectivity index (χ4n) is 2.41. The zero-order valence-corrected chi connectivity index (χ0v) is 10.8. The van der Waals surface area contributed by atoms with Crippen LogP contribution in [0.25, 0.3) is 0 Å². The standard InChI is InChI=1S/C15H19N3/c1-18(12-16)15-9-7-14(8-10-15)17-11-13-5-3-2-4-6-13/h2-6,11,14-15H,7-10H2,1H3. The van der Waals surface area contributed by atoms with Gasteiger partial charge in [0.15, 0.2) is 6.19 Å². The number of rotatable bonds is 3. The monoisotopic (exact) mass is 241 g/mol. The summed E-state index contributed by atoms with van der Waals surface area (Å²) in [6.45, 7) is 0. The van der Waals surface area contributed by atoms with Gasteiger partial charge in [0.2, 0.25) is 0 Å². The van der Waals surface area contributed by atoms with E-state index >= 15 is 0 Å². The van der Waals surface area contributed by atoms with Crippen molar-refractivity contribution < 1.29 is 0 Å². The maximum atomic E-state index is 8.85. The lowest BCUT2D eigenvalue weighted by molar-refractivity contribution is 0.249. The summed E-state index contributed by atoms with van der Waals surface area (Å²) in [5.41, 5.74) is 1.16. The van der Waals surface area contributed by atoms with Gasteiger partial charge in [-0.05, 0) is 31.2 Å². The molecule has 0 amide bonds. The molecule has 0 unspecified atom stereocenters. The Morgan fingerprint density at radius 1 is 1.22 bits per heavy atom. The van der Waals surface area contributed by atoms with E-state index in [2.05, 4.69) is 23.3 Å². The molecule has 0 atom stereocenters. The van der Waals surface area contributed by atoms with Crippen molar-refractivity contribution in [3.05, 3.63) is 35.9 Å². The molecule has 0 bridgehead atoms. The van der Waals surface area contributed by atoms with E-state index in [4.69, 9.17) is 5.26 Å². The first kappa shape index (κ1) is 12.6. The van der Waals surface area contributed by atoms with Crippen molar-refractivity contribution in [2.75, 3.05) is 7.05 Å². The van der Waals surface area contributed by atoms with Crippen LogP contribution in [-0.2, 0) is 0 Å². The summed E-state index contributed by atoms with van der Waals surface area (Å²) in [6.07, 6.45) is 8.48. The molecule has 0 spiro atoms. The lowest BCUT2D eigenvalue weighted by atomic mass is 9.91. The molecular weight excluding hydrogens is 222 g/mol. The number of nitriles is 1. The van der Waals surface area contributed by atoms with E-state index in [1.807, 2.05) is 31.5 Å². The molecule has 2 rings (SSSR count). The fourth-order valence-corrected chi connectivity index (χ4v) is 2.41. The Hall–Kier alpha value is -1.82. The summed E-state index contributed by atoms with van der Waals surface area (Å²) < 4.78 is 0. The van der Waals surface area contributed by atoms with Gasteiger partial charge in [-0.15, -0.1) is 0 Å². The quantitative estimate of drug-likeness (QED) is 0.464. The summed E-state index contributed by atoms with van der Waals surface area (Å²) in [7, 11) is 1.87. The number of hydrogen-bond donors (Lipinski definition) is 0. The molecule has 0 saturated heterocycles. The minimum Gasteiger partial charge on any atom is -0.311 e. The van der Waals surface area contributed by atoms with Crippen LogP contribution >= 0.6 is 0 Å². The van der Waals surface area contributed by atoms with E-state index in [1.54, 1.807) is 4.90 Å². The minimum atomic E-state index is 0.415. The lowest BCUT2D eigenvalue weighted by Crippen LogP contribution is -2.32. The molecule has 3 heteroatoms. The second-order valence-electron chi connectivity index (χ2n) is 4.86. The normalized spacial score (nSPS) is 23.8. The Bertz CT molecular complexity index is 425. The van der Waals surface area contributed by atoms with Crippen LogP contribution in [0.2, 0.25) is 0 Å². The van der Waals surface area contributed by atoms with Crippen molar-refractivity contribution in [2.24, 2.45) is 4.99 Å². The Morgan fingerprint density at radius 3 is 2.50 bits per heavy atom. The van der Waals surface area contributed by atoms with Gasteiger partial charge >= 0.3 is 0 Å². The van der Waals surface area contributed by atoms with Crippen LogP contribution in [0.3, 0.4) is 0 Å². The van der Waals surface area contributed by atoms with Crippen LogP contribution in [0.1, 0.15) is 31.2 Å². The molecule has 18 heavy (non-hydrogen) atoms. The first-order valence-electron chi connectivity index (χ1n) is 6.50. The third-order valence-corrected chi connectivity index (χ3v) is 3.61. The zero-order valence-electron chi connectivity index (χ0n) is 10.8. The Kier molecular flexibility index (Phi) is 4.35. The highest BCUT2D eigenvalue weighted by Crippen LogP contribution is 2.24. The first-order chi connectivity index (χ1) is 8.79. The third kappa shape index (κ3) is 3.33. The van der Waals surface area contributed by atoms with Crippen LogP contribution in [0.5, 0.6) is 0 Å². The van der Waals surface area contributed by atoms with Crippen molar-refractivity contribution in [3.8, 4) is 6.19 Å². The predicted octanol–water partition coefficient (Wildman–Crippen LogP) is 2.83. The van der Waals surface area contributed by atoms with Gasteiger partial charge < -0.3 is 4.90 Å². The van der Waals surface area contributed by atoms with Gasteiger partial charge in [0, 0.05) is 19.3 Å². The van der Waals surface area contributed by atoms with Gasteiger partial charge in [-0.25, -0.2) is 0 Å². The van der Waals surface area contributed by atoms with E-state index in [0.29, 0.717) is 12.1 Å². The zero-order chi connectivity index (χ0) is 12.8. The highest BCUT2D eigenvalue weighted by Gasteiger charge is 2.22. The van der Waals surface area contributed by atoms with Gasteiger partial charge in [0.25, 0.3) is 0 Å². The molecule has 1 aliphatic rings. The van der Waals surface area contributed by atoms with Crippen molar-refractivity contribution in [1.29, 1.82) is 5.26 Å². The molecule has 0 heterocycles. The van der Waals surface area contributed by atoms with E-state index < -0.39 is 0 Å². The van der Waals surface area contributed by atoms with Crippen LogP contribution in [0.15, 0.2) is 35.3 Å². The van der Waals surface area contributed by atoms with Crippen molar-refractivity contribution in [1.82, 2.24) is 4.90 Å². The Morgan fingerprint density at radius 2 is 1.89 bits per heavy atom. The van der Waals surface area contributed by atoms with E-state index in [1.165, 1.54) is 0 Å². The topological polar surface area (TPSA) is 39.4 Å². The maximum Gasteiger partial charge on any atom is 0.179 e. The van der Waals surface area contributed by atoms with Crippen LogP contribution in [0, 0.1) is 11.5 Å². The lowest BCUT2D eigenvalue weighted by Gasteiger charge is -2.30. The number of aliphatic imine (C=N–C) groups is 1. The van der Waals surface area contributed by atoms with Crippen molar-refractivity contribution >= 4 is 6.21 Å². The largest absolute Gasteiger partial charge is 0.311 e. The van der Waals surface area contributed by atoms with Crippen LogP contribution in [-0.4, -0.2) is 30.2 Å². The average Bonchev–Trinajstić information content (AvgIpc) is 2.46. The molecule has 1 aromatic rings. The molecule has 0 aliphatic heterocycles. The average molecular weight is 241 g/mol. The third-order valence-electron chi connectivity index (χ3n) is 3.61. The molecule has 0 N–H and O–H groups in total. The second kappa shape index (κ2) is 6.20. The molecule has 1 saturated carbocycles. The van der Waals surface area contributed by atoms with E-state index in [9.17, 15) is 0 Å². The second-order valence-corrected chi connectivity index (χ2v) is 4.86. The molecule has 0 radical (unpaired) electrons. The van der Waals surface area contributed by atoms with Gasteiger partial charge in [0.1, 0.15) is 0 Å². The van der Waals surface area contributed by atoms with Gasteiger partial charge in [-0.1, -0.05) is 30.3 Å². The van der Waals surface area contributed by atoms with E-state index in [-0.39, 0.29) is 0 Å². The molecule has 1 aliphatic carbocycles. The molecule has 0 aromatic heterocycles. The van der Waals surface area contributed by atoms with Crippen LogP contribution < -0.4 is 0 Å². The smallest absolute Gasteiger partial charge is 0.179 e. The van der Waals surface area contributed by atoms with Crippen molar-refractivity contribution in [3.63, 3.8) is 0 Å². The maximum absolute atomic E-state index is 8.85. The van der Waals surface area contributed by atoms with Gasteiger partial charge in [0.05, 0.1) is 6.04 Å². The number of hydrogen-bond acceptors (Lipinski definition) is 3. The molecule has 94 valence electrons. The summed E-state index contributed by atoms with van der Waals surface area (Å²) >= 11 is 0. The molecule has 1 fully saturated rings. The Labute approximate surface area is 109 Å². The number of benzene rings is 1. The predicted molar refractivity (Wildman–Crippen MR) is 73.5 cm³/mol. The summed E-state index contributed by atoms with van der Waals surface area (Å²) in [5, 5.41) is 8.85. The number of nitrogens with zero attached hydrogens (tertiary/aromatic N) is 3. The van der Waals surface area contributed by atoms with E-state index in [0.717, 1.165) is 31.2 Å². The fraction of sp³-hybridized carbons (Fsp3) is 0.467. The van der Waals surface area contributed by atoms with Gasteiger partial charge in [-0.3, -0.25) is 4.99 Å². The first-order valence-corrected chi connectivity index (χ1v) is 6.50. The van der Waals surface area contributed by atoms with Crippen LogP contribution in [0.4, 0.5) is 0 Å². The minimum absolute atomic E-state index is 0.415. The van der Waals surface area contributed by atoms with Gasteiger partial charge in [-0.2, -0.15) is 5.26 Å². The highest BCUT2D eigenvalue weighted by atomic mass is 15.1.